The fraction of sp³-hybridized carbons (Fsp3) is 0.889. The van der Waals surface area contributed by atoms with Crippen LogP contribution >= 0.6 is 8.25 Å². The molecule has 0 aromatic rings. The van der Waals surface area contributed by atoms with Crippen LogP contribution in [0.15, 0.2) is 0 Å². The number of carbonyl (C=O) groups is 2. The summed E-state index contributed by atoms with van der Waals surface area (Å²) in [6, 6.07) is 0. The van der Waals surface area contributed by atoms with Gasteiger partial charge in [0.05, 0.1) is 0 Å². The molecule has 0 atom stereocenters. The fourth-order valence-electron chi connectivity index (χ4n) is 2.99. The van der Waals surface area contributed by atoms with Gasteiger partial charge in [0.1, 0.15) is 0 Å². The molecule has 0 aromatic heterocycles. The average molecular weight is 361 g/mol. The van der Waals surface area contributed by atoms with E-state index in [1.807, 2.05) is 27.7 Å². The summed E-state index contributed by atoms with van der Waals surface area (Å²) in [5.41, 5.74) is -0.162. The molecule has 0 unspecified atom stereocenters. The molecular formula is C18H34O5P+. The Hall–Kier alpha value is -0.640. The van der Waals surface area contributed by atoms with Gasteiger partial charge >= 0.3 is 8.25 Å². The highest BCUT2D eigenvalue weighted by molar-refractivity contribution is 7.33. The van der Waals surface area contributed by atoms with Crippen molar-refractivity contribution in [1.29, 1.82) is 0 Å². The molecule has 140 valence electrons. The van der Waals surface area contributed by atoms with Crippen molar-refractivity contribution in [3.05, 3.63) is 0 Å². The number of hydrogen-bond acceptors (Lipinski definition) is 5. The number of ketones is 2. The third-order valence-electron chi connectivity index (χ3n) is 3.87. The van der Waals surface area contributed by atoms with Gasteiger partial charge in [-0.15, -0.1) is 9.05 Å². The zero-order chi connectivity index (χ0) is 18.8. The minimum Gasteiger partial charge on any atom is -0.297 e. The van der Waals surface area contributed by atoms with Crippen LogP contribution in [0.3, 0.4) is 0 Å². The van der Waals surface area contributed by atoms with Crippen molar-refractivity contribution < 1.29 is 23.2 Å². The molecule has 0 saturated carbocycles. The van der Waals surface area contributed by atoms with E-state index in [9.17, 15) is 14.2 Å². The maximum absolute atomic E-state index is 11.9. The fourth-order valence-corrected chi connectivity index (χ4v) is 3.56. The molecule has 0 heterocycles. The minimum absolute atomic E-state index is 0.0808. The van der Waals surface area contributed by atoms with Crippen LogP contribution in [0.1, 0.15) is 80.1 Å². The van der Waals surface area contributed by atoms with E-state index in [1.165, 1.54) is 0 Å². The minimum atomic E-state index is -2.44. The second kappa shape index (κ2) is 11.1. The molecule has 0 fully saturated rings. The Morgan fingerprint density at radius 1 is 0.792 bits per heavy atom. The van der Waals surface area contributed by atoms with Crippen LogP contribution in [0, 0.1) is 10.8 Å². The van der Waals surface area contributed by atoms with Crippen molar-refractivity contribution in [2.45, 2.75) is 80.1 Å². The molecule has 0 aliphatic rings. The highest BCUT2D eigenvalue weighted by Crippen LogP contribution is 2.30. The molecule has 0 aromatic carbocycles. The molecule has 0 radical (unpaired) electrons. The predicted molar refractivity (Wildman–Crippen MR) is 96.1 cm³/mol. The van der Waals surface area contributed by atoms with Crippen LogP contribution in [-0.4, -0.2) is 24.8 Å². The molecule has 5 nitrogen and oxygen atoms in total. The molecule has 24 heavy (non-hydrogen) atoms. The van der Waals surface area contributed by atoms with Gasteiger partial charge < -0.3 is 0 Å². The van der Waals surface area contributed by atoms with E-state index in [1.54, 1.807) is 0 Å². The Kier molecular flexibility index (Phi) is 10.8. The number of Topliss-reactive ketones (excluding diaryl/α,β-unsaturated/α-hetero) is 2. The lowest BCUT2D eigenvalue weighted by molar-refractivity contribution is -0.123. The Morgan fingerprint density at radius 3 is 1.42 bits per heavy atom. The first-order valence-corrected chi connectivity index (χ1v) is 9.87. The summed E-state index contributed by atoms with van der Waals surface area (Å²) in [5.74, 6) is -0.202. The summed E-state index contributed by atoms with van der Waals surface area (Å²) in [4.78, 5) is 23.7. The van der Waals surface area contributed by atoms with E-state index in [0.29, 0.717) is 12.8 Å². The molecule has 0 rings (SSSR count). The summed E-state index contributed by atoms with van der Waals surface area (Å²) in [5, 5.41) is 0. The van der Waals surface area contributed by atoms with Crippen LogP contribution in [0.25, 0.3) is 0 Å². The Morgan fingerprint density at radius 2 is 1.12 bits per heavy atom. The number of carbonyl (C=O) groups excluding carboxylic acids is 2. The molecule has 6 heteroatoms. The summed E-state index contributed by atoms with van der Waals surface area (Å²) in [6.07, 6.45) is 4.68. The summed E-state index contributed by atoms with van der Waals surface area (Å²) in [6.45, 7) is 11.8. The van der Waals surface area contributed by atoms with Crippen molar-refractivity contribution in [2.75, 3.05) is 13.2 Å². The third kappa shape index (κ3) is 11.8. The second-order valence-electron chi connectivity index (χ2n) is 8.03. The standard InChI is InChI=1S/C18H34O5P/c1-7-9-17(3,4)11-15(19)13-22-24(21)23-14-16(20)12-18(5,6)10-8-2/h7-14H2,1-6H3/q+1. The van der Waals surface area contributed by atoms with E-state index < -0.39 is 8.25 Å². The van der Waals surface area contributed by atoms with Crippen molar-refractivity contribution in [3.8, 4) is 0 Å². The summed E-state index contributed by atoms with van der Waals surface area (Å²) >= 11 is 0. The van der Waals surface area contributed by atoms with Gasteiger partial charge in [-0.1, -0.05) is 54.4 Å². The van der Waals surface area contributed by atoms with Crippen molar-refractivity contribution in [1.82, 2.24) is 0 Å². The van der Waals surface area contributed by atoms with Crippen LogP contribution in [0.5, 0.6) is 0 Å². The topological polar surface area (TPSA) is 69.7 Å². The largest absolute Gasteiger partial charge is 0.698 e. The van der Waals surface area contributed by atoms with Crippen molar-refractivity contribution >= 4 is 19.8 Å². The quantitative estimate of drug-likeness (QED) is 0.395. The zero-order valence-corrected chi connectivity index (χ0v) is 17.0. The van der Waals surface area contributed by atoms with Gasteiger partial charge in [0, 0.05) is 17.4 Å². The van der Waals surface area contributed by atoms with Gasteiger partial charge in [-0.05, 0) is 23.7 Å². The Bertz CT molecular complexity index is 391. The number of hydrogen-bond donors (Lipinski definition) is 0. The van der Waals surface area contributed by atoms with Crippen LogP contribution in [-0.2, 0) is 23.2 Å². The highest BCUT2D eigenvalue weighted by atomic mass is 31.1. The lowest BCUT2D eigenvalue weighted by Crippen LogP contribution is -2.20. The normalized spacial score (nSPS) is 12.2. The van der Waals surface area contributed by atoms with Gasteiger partial charge in [-0.25, -0.2) is 0 Å². The first-order valence-electron chi connectivity index (χ1n) is 8.78. The predicted octanol–water partition coefficient (Wildman–Crippen LogP) is 5.25. The lowest BCUT2D eigenvalue weighted by atomic mass is 9.83. The molecule has 0 saturated heterocycles. The Balaban J connectivity index is 4.06. The monoisotopic (exact) mass is 361 g/mol. The molecule has 0 bridgehead atoms. The first kappa shape index (κ1) is 23.4. The maximum atomic E-state index is 11.9. The van der Waals surface area contributed by atoms with Crippen LogP contribution in [0.4, 0.5) is 0 Å². The maximum Gasteiger partial charge on any atom is 0.698 e. The van der Waals surface area contributed by atoms with Gasteiger partial charge in [0.15, 0.2) is 24.8 Å². The number of rotatable bonds is 14. The van der Waals surface area contributed by atoms with Crippen molar-refractivity contribution in [3.63, 3.8) is 0 Å². The lowest BCUT2D eigenvalue weighted by Gasteiger charge is -2.22. The van der Waals surface area contributed by atoms with E-state index in [4.69, 9.17) is 9.05 Å². The van der Waals surface area contributed by atoms with E-state index in [-0.39, 0.29) is 35.6 Å². The Labute approximate surface area is 147 Å². The zero-order valence-electron chi connectivity index (χ0n) is 16.1. The van der Waals surface area contributed by atoms with Gasteiger partial charge in [0.2, 0.25) is 0 Å². The van der Waals surface area contributed by atoms with Crippen molar-refractivity contribution in [2.24, 2.45) is 10.8 Å². The molecule has 0 N–H and O–H groups in total. The SMILES string of the molecule is CCCC(C)(C)CC(=O)CO[P+](=O)OCC(=O)CC(C)(C)CCC. The summed E-state index contributed by atoms with van der Waals surface area (Å²) < 4.78 is 21.5. The molecule has 0 spiro atoms. The molecule has 0 aliphatic carbocycles. The van der Waals surface area contributed by atoms with E-state index in [2.05, 4.69) is 13.8 Å². The third-order valence-corrected chi connectivity index (χ3v) is 4.55. The van der Waals surface area contributed by atoms with Gasteiger partial charge in [-0.2, -0.15) is 0 Å². The van der Waals surface area contributed by atoms with E-state index >= 15 is 0 Å². The summed E-state index contributed by atoms with van der Waals surface area (Å²) in [7, 11) is -2.44. The molecule has 0 aliphatic heterocycles. The highest BCUT2D eigenvalue weighted by Gasteiger charge is 2.28. The second-order valence-corrected chi connectivity index (χ2v) is 8.99. The van der Waals surface area contributed by atoms with Gasteiger partial charge in [0.25, 0.3) is 0 Å². The van der Waals surface area contributed by atoms with E-state index in [0.717, 1.165) is 25.7 Å². The first-order chi connectivity index (χ1) is 11.0. The molecule has 0 amide bonds. The average Bonchev–Trinajstić information content (AvgIpc) is 2.41. The van der Waals surface area contributed by atoms with Crippen LogP contribution < -0.4 is 0 Å². The molecular weight excluding hydrogens is 327 g/mol. The van der Waals surface area contributed by atoms with Crippen LogP contribution in [0.2, 0.25) is 0 Å². The smallest absolute Gasteiger partial charge is 0.297 e. The van der Waals surface area contributed by atoms with Gasteiger partial charge in [-0.3, -0.25) is 9.59 Å².